The second-order valence-electron chi connectivity index (χ2n) is 12.6. The molecule has 3 N–H and O–H groups in total. The number of nitro groups is 1. The van der Waals surface area contributed by atoms with Crippen LogP contribution in [0.3, 0.4) is 0 Å². The van der Waals surface area contributed by atoms with E-state index in [1.807, 2.05) is 32.0 Å². The number of Topliss-reactive ketones (excluding diaryl/α,β-unsaturated/α-hetero) is 1. The molecule has 2 atom stereocenters. The Bertz CT molecular complexity index is 2220. The minimum absolute atomic E-state index is 0.0396. The number of benzene rings is 2. The van der Waals surface area contributed by atoms with E-state index in [2.05, 4.69) is 24.9 Å². The Morgan fingerprint density at radius 2 is 1.83 bits per heavy atom. The predicted molar refractivity (Wildman–Crippen MR) is 178 cm³/mol. The van der Waals surface area contributed by atoms with Gasteiger partial charge in [-0.1, -0.05) is 44.2 Å². The fraction of sp³-hybridized carbons (Fsp3) is 0.273. The number of anilines is 2. The summed E-state index contributed by atoms with van der Waals surface area (Å²) in [5.74, 6) is 0.266. The first-order chi connectivity index (χ1) is 23.0. The number of imidazole rings is 1. The lowest BCUT2D eigenvalue weighted by Crippen LogP contribution is -2.41. The lowest BCUT2D eigenvalue weighted by atomic mass is 9.68. The highest BCUT2D eigenvalue weighted by molar-refractivity contribution is 7.71. The molecule has 4 heterocycles. The van der Waals surface area contributed by atoms with Gasteiger partial charge in [0.05, 0.1) is 23.4 Å². The number of ketones is 1. The molecule has 0 saturated carbocycles. The van der Waals surface area contributed by atoms with E-state index in [0.717, 1.165) is 0 Å². The largest absolute Gasteiger partial charge is 0.491 e. The number of non-ortho nitro benzene ring substituents is 1. The van der Waals surface area contributed by atoms with Gasteiger partial charge >= 0.3 is 0 Å². The maximum Gasteiger partial charge on any atom is 0.269 e. The van der Waals surface area contributed by atoms with Crippen molar-refractivity contribution in [3.63, 3.8) is 0 Å². The van der Waals surface area contributed by atoms with Crippen LogP contribution in [0.1, 0.15) is 43.7 Å². The second kappa shape index (κ2) is 11.9. The summed E-state index contributed by atoms with van der Waals surface area (Å²) in [7, 11) is 0. The smallest absolute Gasteiger partial charge is 0.269 e. The summed E-state index contributed by atoms with van der Waals surface area (Å²) in [6.45, 7) is 4.15. The van der Waals surface area contributed by atoms with Crippen LogP contribution in [0.4, 0.5) is 17.3 Å². The lowest BCUT2D eigenvalue weighted by molar-refractivity contribution is -0.384. The number of aromatic amines is 2. The first kappa shape index (κ1) is 31.1. The number of hydrogen-bond acceptors (Lipinski definition) is 11. The summed E-state index contributed by atoms with van der Waals surface area (Å²) in [6, 6.07) is 15.0. The quantitative estimate of drug-likeness (QED) is 0.117. The zero-order chi connectivity index (χ0) is 33.7. The molecule has 14 nitrogen and oxygen atoms in total. The monoisotopic (exact) mass is 666 g/mol. The molecule has 0 saturated heterocycles. The molecule has 244 valence electrons. The van der Waals surface area contributed by atoms with E-state index >= 15 is 0 Å². The number of fused-ring (bicyclic) bond motifs is 2. The topological polar surface area (TPSA) is 185 Å². The molecule has 0 fully saturated rings. The number of nitrogens with one attached hydrogen (secondary N) is 2. The Labute approximate surface area is 277 Å². The van der Waals surface area contributed by atoms with Crippen LogP contribution in [0.25, 0.3) is 11.2 Å². The van der Waals surface area contributed by atoms with E-state index in [1.54, 1.807) is 40.1 Å². The minimum atomic E-state index is -0.889. The molecule has 7 rings (SSSR count). The normalized spacial score (nSPS) is 17.6. The predicted octanol–water partition coefficient (Wildman–Crippen LogP) is 4.85. The van der Waals surface area contributed by atoms with Gasteiger partial charge in [-0.3, -0.25) is 29.6 Å². The van der Waals surface area contributed by atoms with Gasteiger partial charge in [-0.05, 0) is 41.7 Å². The van der Waals surface area contributed by atoms with Crippen LogP contribution < -0.4 is 15.2 Å². The molecule has 0 spiro atoms. The molecule has 3 aromatic heterocycles. The van der Waals surface area contributed by atoms with E-state index in [0.29, 0.717) is 51.8 Å². The summed E-state index contributed by atoms with van der Waals surface area (Å²) < 4.78 is 7.47. The fourth-order valence-corrected chi connectivity index (χ4v) is 6.74. The maximum absolute atomic E-state index is 14.1. The van der Waals surface area contributed by atoms with Crippen molar-refractivity contribution < 1.29 is 19.6 Å². The van der Waals surface area contributed by atoms with Gasteiger partial charge in [0.2, 0.25) is 0 Å². The number of ether oxygens (including phenoxy) is 1. The molecule has 48 heavy (non-hydrogen) atoms. The van der Waals surface area contributed by atoms with Crippen LogP contribution in [0.5, 0.6) is 5.75 Å². The standard InChI is InChI=1S/C33H30N8O6S/c1-33(2)12-22-25(23(43)13-33)24(18-8-10-19(11-9-18)41(45)46)26-28(37-32(48)38-31(26)44)40(22)30-27-29(34-16-35-30)39(17-36-27)14-20(42)15-47-21-6-4-3-5-7-21/h3-11,16-17,20,24,42H,12-15H2,1-2H3,(H2,37,38,44,48). The molecule has 5 aromatic rings. The Morgan fingerprint density at radius 3 is 2.56 bits per heavy atom. The van der Waals surface area contributed by atoms with Gasteiger partial charge in [-0.15, -0.1) is 0 Å². The number of rotatable bonds is 8. The molecule has 0 bridgehead atoms. The summed E-state index contributed by atoms with van der Waals surface area (Å²) in [6.07, 6.45) is 2.69. The van der Waals surface area contributed by atoms with E-state index in [1.165, 1.54) is 18.5 Å². The Balaban J connectivity index is 1.37. The fourth-order valence-electron chi connectivity index (χ4n) is 6.55. The number of para-hydroxylation sites is 1. The van der Waals surface area contributed by atoms with Crippen molar-refractivity contribution in [2.24, 2.45) is 5.41 Å². The number of nitrogens with zero attached hydrogens (tertiary/aromatic N) is 6. The second-order valence-corrected chi connectivity index (χ2v) is 13.0. The minimum Gasteiger partial charge on any atom is -0.491 e. The van der Waals surface area contributed by atoms with Crippen LogP contribution in [0.2, 0.25) is 0 Å². The van der Waals surface area contributed by atoms with Crippen molar-refractivity contribution in [3.05, 3.63) is 115 Å². The number of hydrogen-bond donors (Lipinski definition) is 3. The third-order valence-corrected chi connectivity index (χ3v) is 8.75. The third kappa shape index (κ3) is 5.56. The Hall–Kier alpha value is -5.54. The highest BCUT2D eigenvalue weighted by Crippen LogP contribution is 2.52. The van der Waals surface area contributed by atoms with Gasteiger partial charge < -0.3 is 19.4 Å². The molecule has 2 aliphatic rings. The van der Waals surface area contributed by atoms with Crippen molar-refractivity contribution in [2.45, 2.75) is 45.3 Å². The first-order valence-electron chi connectivity index (χ1n) is 15.2. The van der Waals surface area contributed by atoms with Crippen molar-refractivity contribution >= 4 is 46.5 Å². The molecule has 1 aliphatic heterocycles. The molecular weight excluding hydrogens is 636 g/mol. The molecule has 0 radical (unpaired) electrons. The van der Waals surface area contributed by atoms with Gasteiger partial charge in [0.1, 0.15) is 30.6 Å². The zero-order valence-corrected chi connectivity index (χ0v) is 26.7. The van der Waals surface area contributed by atoms with E-state index in [4.69, 9.17) is 17.0 Å². The van der Waals surface area contributed by atoms with Crippen molar-refractivity contribution in [1.82, 2.24) is 29.5 Å². The Morgan fingerprint density at radius 1 is 1.08 bits per heavy atom. The van der Waals surface area contributed by atoms with Crippen LogP contribution >= 0.6 is 12.2 Å². The average Bonchev–Trinajstić information content (AvgIpc) is 3.45. The molecule has 2 aromatic carbocycles. The van der Waals surface area contributed by atoms with Crippen LogP contribution in [-0.4, -0.2) is 58.0 Å². The van der Waals surface area contributed by atoms with Gasteiger partial charge in [0, 0.05) is 35.7 Å². The summed E-state index contributed by atoms with van der Waals surface area (Å²) in [5.41, 5.74) is 1.48. The number of nitro benzene ring substituents is 1. The molecule has 1 aliphatic carbocycles. The molecular formula is C33H30N8O6S. The number of carbonyl (C=O) groups is 1. The highest BCUT2D eigenvalue weighted by atomic mass is 32.1. The molecule has 2 unspecified atom stereocenters. The van der Waals surface area contributed by atoms with Crippen LogP contribution in [0.15, 0.2) is 83.3 Å². The average molecular weight is 667 g/mol. The zero-order valence-electron chi connectivity index (χ0n) is 25.9. The summed E-state index contributed by atoms with van der Waals surface area (Å²) in [5, 5.41) is 22.2. The van der Waals surface area contributed by atoms with Gasteiger partial charge in [-0.25, -0.2) is 15.0 Å². The van der Waals surface area contributed by atoms with Crippen molar-refractivity contribution in [1.29, 1.82) is 0 Å². The molecule has 0 amide bonds. The van der Waals surface area contributed by atoms with Crippen LogP contribution in [0, 0.1) is 20.3 Å². The lowest BCUT2D eigenvalue weighted by Gasteiger charge is -2.43. The van der Waals surface area contributed by atoms with Crippen molar-refractivity contribution in [3.8, 4) is 5.75 Å². The van der Waals surface area contributed by atoms with Gasteiger partial charge in [0.25, 0.3) is 11.2 Å². The molecule has 15 heteroatoms. The van der Waals surface area contributed by atoms with Crippen molar-refractivity contribution in [2.75, 3.05) is 11.5 Å². The number of aliphatic hydroxyl groups is 1. The summed E-state index contributed by atoms with van der Waals surface area (Å²) in [4.78, 5) is 60.0. The van der Waals surface area contributed by atoms with Gasteiger partial charge in [0.15, 0.2) is 27.5 Å². The number of aliphatic hydroxyl groups excluding tert-OH is 1. The number of aromatic nitrogens is 6. The SMILES string of the molecule is CC1(C)CC(=O)C2=C(C1)N(c1ncnc3c1ncn3CC(O)COc1ccccc1)c1[nH]c(=S)[nH]c(=O)c1C2c1ccc([N+](=O)[O-])cc1. The number of allylic oxidation sites excluding steroid dienone is 2. The Kier molecular flexibility index (Phi) is 7.72. The third-order valence-electron chi connectivity index (χ3n) is 8.55. The maximum atomic E-state index is 14.1. The van der Waals surface area contributed by atoms with E-state index in [-0.39, 0.29) is 41.4 Å². The van der Waals surface area contributed by atoms with Gasteiger partial charge in [-0.2, -0.15) is 0 Å². The first-order valence-corrected chi connectivity index (χ1v) is 15.6. The van der Waals surface area contributed by atoms with E-state index < -0.39 is 27.9 Å². The van der Waals surface area contributed by atoms with E-state index in [9.17, 15) is 24.8 Å². The summed E-state index contributed by atoms with van der Waals surface area (Å²) >= 11 is 5.42. The van der Waals surface area contributed by atoms with Crippen LogP contribution in [-0.2, 0) is 11.3 Å². The number of carbonyl (C=O) groups excluding carboxylic acids is 1. The highest BCUT2D eigenvalue weighted by Gasteiger charge is 2.46. The number of H-pyrrole nitrogens is 2.